The number of halogens is 1. The molecule has 0 bridgehead atoms. The number of carbonyl (C=O) groups excluding carboxylic acids is 1. The number of aromatic nitrogens is 4. The van der Waals surface area contributed by atoms with Crippen LogP contribution in [0, 0.1) is 0 Å². The zero-order valence-corrected chi connectivity index (χ0v) is 17.2. The van der Waals surface area contributed by atoms with Crippen molar-refractivity contribution in [1.29, 1.82) is 0 Å². The largest absolute Gasteiger partial charge is 0.340 e. The summed E-state index contributed by atoms with van der Waals surface area (Å²) in [6.07, 6.45) is 9.16. The Morgan fingerprint density at radius 2 is 2.00 bits per heavy atom. The molecule has 1 aromatic carbocycles. The van der Waals surface area contributed by atoms with Crippen LogP contribution in [0.15, 0.2) is 45.7 Å². The zero-order chi connectivity index (χ0) is 19.5. The number of hydrogen-bond donors (Lipinski definition) is 1. The SMILES string of the molecule is C[C@@H](NC(=O)c1cnn(-c2ccc(Br)cc2)c1)c1nc(C2CCCCC2)no1. The van der Waals surface area contributed by atoms with E-state index in [1.54, 1.807) is 17.1 Å². The van der Waals surface area contributed by atoms with Crippen LogP contribution in [-0.4, -0.2) is 25.8 Å². The predicted octanol–water partition coefficient (Wildman–Crippen LogP) is 4.56. The van der Waals surface area contributed by atoms with Crippen LogP contribution in [0.25, 0.3) is 5.69 Å². The van der Waals surface area contributed by atoms with E-state index in [9.17, 15) is 4.79 Å². The van der Waals surface area contributed by atoms with Gasteiger partial charge in [-0.25, -0.2) is 4.68 Å². The van der Waals surface area contributed by atoms with Crippen molar-refractivity contribution >= 4 is 21.8 Å². The van der Waals surface area contributed by atoms with Crippen LogP contribution in [-0.2, 0) is 0 Å². The van der Waals surface area contributed by atoms with Gasteiger partial charge in [-0.05, 0) is 44.0 Å². The van der Waals surface area contributed by atoms with Gasteiger partial charge in [0.25, 0.3) is 5.91 Å². The van der Waals surface area contributed by atoms with E-state index in [0.29, 0.717) is 17.4 Å². The Hall–Kier alpha value is -2.48. The van der Waals surface area contributed by atoms with Gasteiger partial charge in [0, 0.05) is 16.6 Å². The molecule has 0 saturated heterocycles. The average molecular weight is 444 g/mol. The third-order valence-electron chi connectivity index (χ3n) is 5.08. The monoisotopic (exact) mass is 443 g/mol. The molecule has 0 radical (unpaired) electrons. The van der Waals surface area contributed by atoms with Gasteiger partial charge in [0.15, 0.2) is 5.82 Å². The molecule has 1 atom stereocenters. The van der Waals surface area contributed by atoms with Crippen LogP contribution >= 0.6 is 15.9 Å². The van der Waals surface area contributed by atoms with Crippen LogP contribution in [0.1, 0.15) is 73.1 Å². The first kappa shape index (κ1) is 18.9. The van der Waals surface area contributed by atoms with E-state index in [4.69, 9.17) is 4.52 Å². The number of amides is 1. The molecule has 1 fully saturated rings. The number of rotatable bonds is 5. The molecular weight excluding hydrogens is 422 g/mol. The summed E-state index contributed by atoms with van der Waals surface area (Å²) in [6, 6.07) is 7.34. The maximum atomic E-state index is 12.6. The van der Waals surface area contributed by atoms with E-state index < -0.39 is 0 Å². The van der Waals surface area contributed by atoms with Crippen molar-refractivity contribution < 1.29 is 9.32 Å². The molecule has 146 valence electrons. The maximum Gasteiger partial charge on any atom is 0.255 e. The van der Waals surface area contributed by atoms with Gasteiger partial charge in [-0.3, -0.25) is 4.79 Å². The van der Waals surface area contributed by atoms with Crippen molar-refractivity contribution in [3.63, 3.8) is 0 Å². The Bertz CT molecular complexity index is 944. The number of carbonyl (C=O) groups is 1. The van der Waals surface area contributed by atoms with Crippen LogP contribution in [0.3, 0.4) is 0 Å². The molecule has 0 aliphatic heterocycles. The average Bonchev–Trinajstić information content (AvgIpc) is 3.39. The minimum Gasteiger partial charge on any atom is -0.340 e. The molecule has 1 aliphatic carbocycles. The number of nitrogens with one attached hydrogen (secondary N) is 1. The van der Waals surface area contributed by atoms with Crippen molar-refractivity contribution in [3.8, 4) is 5.69 Å². The Labute approximate surface area is 171 Å². The third-order valence-corrected chi connectivity index (χ3v) is 5.61. The Kier molecular flexibility index (Phi) is 5.57. The van der Waals surface area contributed by atoms with Gasteiger partial charge in [-0.1, -0.05) is 40.3 Å². The number of nitrogens with zero attached hydrogens (tertiary/aromatic N) is 4. The molecule has 8 heteroatoms. The zero-order valence-electron chi connectivity index (χ0n) is 15.6. The quantitative estimate of drug-likeness (QED) is 0.624. The highest BCUT2D eigenvalue weighted by atomic mass is 79.9. The molecule has 28 heavy (non-hydrogen) atoms. The lowest BCUT2D eigenvalue weighted by Crippen LogP contribution is -2.26. The Morgan fingerprint density at radius 3 is 2.75 bits per heavy atom. The number of hydrogen-bond acceptors (Lipinski definition) is 5. The fourth-order valence-electron chi connectivity index (χ4n) is 3.47. The highest BCUT2D eigenvalue weighted by Crippen LogP contribution is 2.31. The molecule has 2 aromatic heterocycles. The molecule has 1 aliphatic rings. The smallest absolute Gasteiger partial charge is 0.255 e. The fraction of sp³-hybridized carbons (Fsp3) is 0.400. The van der Waals surface area contributed by atoms with E-state index in [1.165, 1.54) is 19.3 Å². The van der Waals surface area contributed by atoms with Gasteiger partial charge in [0.1, 0.15) is 6.04 Å². The van der Waals surface area contributed by atoms with Gasteiger partial charge in [0.05, 0.1) is 17.4 Å². The van der Waals surface area contributed by atoms with Crippen molar-refractivity contribution in [2.75, 3.05) is 0 Å². The lowest BCUT2D eigenvalue weighted by atomic mass is 9.89. The summed E-state index contributed by atoms with van der Waals surface area (Å²) in [5.74, 6) is 1.35. The summed E-state index contributed by atoms with van der Waals surface area (Å²) in [5, 5.41) is 11.3. The lowest BCUT2D eigenvalue weighted by molar-refractivity contribution is 0.0932. The molecule has 7 nitrogen and oxygen atoms in total. The second kappa shape index (κ2) is 8.26. The lowest BCUT2D eigenvalue weighted by Gasteiger charge is -2.17. The minimum absolute atomic E-state index is 0.228. The summed E-state index contributed by atoms with van der Waals surface area (Å²) in [6.45, 7) is 1.84. The molecule has 3 aromatic rings. The molecule has 4 rings (SSSR count). The summed E-state index contributed by atoms with van der Waals surface area (Å²) in [7, 11) is 0. The molecule has 1 saturated carbocycles. The highest BCUT2D eigenvalue weighted by Gasteiger charge is 2.24. The summed E-state index contributed by atoms with van der Waals surface area (Å²) in [5.41, 5.74) is 1.35. The van der Waals surface area contributed by atoms with Crippen molar-refractivity contribution in [2.24, 2.45) is 0 Å². The van der Waals surface area contributed by atoms with E-state index in [2.05, 4.69) is 36.5 Å². The second-order valence-electron chi connectivity index (χ2n) is 7.17. The topological polar surface area (TPSA) is 85.8 Å². The maximum absolute atomic E-state index is 12.6. The van der Waals surface area contributed by atoms with Crippen LogP contribution in [0.4, 0.5) is 0 Å². The first-order valence-corrected chi connectivity index (χ1v) is 10.3. The molecule has 0 spiro atoms. The Balaban J connectivity index is 1.41. The highest BCUT2D eigenvalue weighted by molar-refractivity contribution is 9.10. The molecule has 0 unspecified atom stereocenters. The number of benzene rings is 1. The standard InChI is InChI=1S/C20H22BrN5O2/c1-13(20-24-18(25-28-20)14-5-3-2-4-6-14)23-19(27)15-11-22-26(12-15)17-9-7-16(21)8-10-17/h7-14H,2-6H2,1H3,(H,23,27)/t13-/m1/s1. The normalized spacial score (nSPS) is 16.1. The molecule has 1 N–H and O–H groups in total. The summed E-state index contributed by atoms with van der Waals surface area (Å²) >= 11 is 3.41. The third kappa shape index (κ3) is 4.16. The van der Waals surface area contributed by atoms with Crippen LogP contribution in [0.2, 0.25) is 0 Å². The van der Waals surface area contributed by atoms with Gasteiger partial charge in [-0.2, -0.15) is 10.1 Å². The molecule has 1 amide bonds. The van der Waals surface area contributed by atoms with Gasteiger partial charge >= 0.3 is 0 Å². The molecular formula is C20H22BrN5O2. The van der Waals surface area contributed by atoms with E-state index in [0.717, 1.165) is 28.8 Å². The van der Waals surface area contributed by atoms with Gasteiger partial charge in [-0.15, -0.1) is 0 Å². The van der Waals surface area contributed by atoms with E-state index >= 15 is 0 Å². The Morgan fingerprint density at radius 1 is 1.25 bits per heavy atom. The fourth-order valence-corrected chi connectivity index (χ4v) is 3.73. The second-order valence-corrected chi connectivity index (χ2v) is 8.09. The first-order valence-electron chi connectivity index (χ1n) is 9.55. The molecule has 2 heterocycles. The summed E-state index contributed by atoms with van der Waals surface area (Å²) < 4.78 is 8.06. The minimum atomic E-state index is -0.367. The summed E-state index contributed by atoms with van der Waals surface area (Å²) in [4.78, 5) is 17.1. The van der Waals surface area contributed by atoms with Gasteiger partial charge in [0.2, 0.25) is 5.89 Å². The van der Waals surface area contributed by atoms with Crippen molar-refractivity contribution in [2.45, 2.75) is 51.0 Å². The van der Waals surface area contributed by atoms with E-state index in [1.807, 2.05) is 31.2 Å². The van der Waals surface area contributed by atoms with Crippen molar-refractivity contribution in [1.82, 2.24) is 25.2 Å². The van der Waals surface area contributed by atoms with Crippen LogP contribution < -0.4 is 5.32 Å². The predicted molar refractivity (Wildman–Crippen MR) is 107 cm³/mol. The van der Waals surface area contributed by atoms with Gasteiger partial charge < -0.3 is 9.84 Å². The first-order chi connectivity index (χ1) is 13.6. The van der Waals surface area contributed by atoms with Crippen molar-refractivity contribution in [3.05, 3.63) is 58.4 Å². The van der Waals surface area contributed by atoms with E-state index in [-0.39, 0.29) is 11.9 Å². The van der Waals surface area contributed by atoms with Crippen LogP contribution in [0.5, 0.6) is 0 Å².